The van der Waals surface area contributed by atoms with Crippen LogP contribution in [0.15, 0.2) is 195 Å². The summed E-state index contributed by atoms with van der Waals surface area (Å²) in [4.78, 5) is 104. The first-order valence-electron chi connectivity index (χ1n) is 40.0. The minimum Gasteiger partial charge on any atom is -0.460 e. The average molecular weight is 1560 g/mol. The Bertz CT molecular complexity index is 3710. The van der Waals surface area contributed by atoms with Gasteiger partial charge in [-0.25, -0.2) is 14.4 Å². The summed E-state index contributed by atoms with van der Waals surface area (Å²) >= 11 is 0. The molecule has 6 aromatic carbocycles. The van der Waals surface area contributed by atoms with Crippen molar-refractivity contribution in [3.8, 4) is 0 Å². The third kappa shape index (κ3) is 29.3. The van der Waals surface area contributed by atoms with Crippen LogP contribution in [0, 0.1) is 17.8 Å². The summed E-state index contributed by atoms with van der Waals surface area (Å²) in [6.07, 6.45) is 4.85. The quantitative estimate of drug-likeness (QED) is 0.0178. The Morgan fingerprint density at radius 2 is 0.646 bits per heavy atom. The number of ether oxygens (including phenoxy) is 6. The highest BCUT2D eigenvalue weighted by molar-refractivity contribution is 5.78. The second-order valence-corrected chi connectivity index (χ2v) is 34.0. The second-order valence-electron chi connectivity index (χ2n) is 34.0. The number of aliphatic hydroxyl groups excluding tert-OH is 2. The van der Waals surface area contributed by atoms with Crippen LogP contribution in [0.3, 0.4) is 0 Å². The molecule has 0 aromatic heterocycles. The molecule has 614 valence electrons. The lowest BCUT2D eigenvalue weighted by Crippen LogP contribution is -2.49. The van der Waals surface area contributed by atoms with Gasteiger partial charge in [-0.15, -0.1) is 6.58 Å². The van der Waals surface area contributed by atoms with E-state index < -0.39 is 65.9 Å². The van der Waals surface area contributed by atoms with Gasteiger partial charge in [0.05, 0.1) is 50.8 Å². The molecule has 3 heterocycles. The van der Waals surface area contributed by atoms with Crippen molar-refractivity contribution in [2.24, 2.45) is 17.8 Å². The van der Waals surface area contributed by atoms with E-state index >= 15 is 0 Å². The molecule has 3 amide bonds. The average Bonchev–Trinajstić information content (AvgIpc) is 1.64. The zero-order valence-corrected chi connectivity index (χ0v) is 69.4. The summed E-state index contributed by atoms with van der Waals surface area (Å²) in [5.74, 6) is -0.350. The lowest BCUT2D eigenvalue weighted by molar-refractivity contribution is -0.153. The molecule has 9 rings (SSSR count). The summed E-state index contributed by atoms with van der Waals surface area (Å²) in [5, 5.41) is 20.3. The SMILES string of the molecule is C=CC[C@@H]1[C@H](Cc2ccccc2)N(C(=O)OC(C)(C)C)CN1[C@@H](CC(C)C)C(=O)OCc1ccccc1.CC(C)C[C@@H](C(=O)OCc1ccccc1)N1CN(C(=O)OC(C)(C)C)[C@@H](Cc2ccccc2)[C@H]1CC(O)CO.CC(C)C[C@@H](C(=O)OCc1ccccc1)N1CN(C(=O)OC(C)(C)C)[C@@H](Cc2ccccc2)[C@H]1CC=O. The van der Waals surface area contributed by atoms with Crippen molar-refractivity contribution in [1.29, 1.82) is 0 Å². The topological polar surface area (TPSA) is 235 Å². The Labute approximate surface area is 671 Å². The predicted molar refractivity (Wildman–Crippen MR) is 439 cm³/mol. The van der Waals surface area contributed by atoms with Gasteiger partial charge in [-0.1, -0.05) is 230 Å². The van der Waals surface area contributed by atoms with Crippen molar-refractivity contribution in [3.05, 3.63) is 228 Å². The highest BCUT2D eigenvalue weighted by atomic mass is 16.6. The number of rotatable bonds is 31. The van der Waals surface area contributed by atoms with Crippen LogP contribution in [0.25, 0.3) is 0 Å². The van der Waals surface area contributed by atoms with Crippen LogP contribution < -0.4 is 0 Å². The van der Waals surface area contributed by atoms with Crippen molar-refractivity contribution in [3.63, 3.8) is 0 Å². The van der Waals surface area contributed by atoms with Crippen LogP contribution >= 0.6 is 0 Å². The van der Waals surface area contributed by atoms with Gasteiger partial charge in [0.1, 0.15) is 61.0 Å². The number of esters is 3. The van der Waals surface area contributed by atoms with Crippen molar-refractivity contribution in [2.45, 2.75) is 259 Å². The number of aldehydes is 1. The van der Waals surface area contributed by atoms with Crippen LogP contribution in [0.5, 0.6) is 0 Å². The van der Waals surface area contributed by atoms with Gasteiger partial charge in [0, 0.05) is 24.5 Å². The molecule has 0 bridgehead atoms. The number of hydrogen-bond donors (Lipinski definition) is 2. The molecule has 0 aliphatic carbocycles. The molecule has 0 spiro atoms. The first-order valence-corrected chi connectivity index (χ1v) is 40.0. The highest BCUT2D eigenvalue weighted by Crippen LogP contribution is 2.37. The lowest BCUT2D eigenvalue weighted by atomic mass is 9.93. The van der Waals surface area contributed by atoms with E-state index in [1.54, 1.807) is 14.7 Å². The smallest absolute Gasteiger partial charge is 0.411 e. The summed E-state index contributed by atoms with van der Waals surface area (Å²) in [5.41, 5.74) is 3.94. The van der Waals surface area contributed by atoms with Crippen molar-refractivity contribution < 1.29 is 72.2 Å². The Hall–Kier alpha value is -9.25. The van der Waals surface area contributed by atoms with Gasteiger partial charge in [-0.05, 0) is 165 Å². The van der Waals surface area contributed by atoms with E-state index in [2.05, 4.69) is 51.3 Å². The zero-order valence-electron chi connectivity index (χ0n) is 69.4. The van der Waals surface area contributed by atoms with Gasteiger partial charge < -0.3 is 43.4 Å². The Morgan fingerprint density at radius 1 is 0.398 bits per heavy atom. The molecule has 3 aliphatic rings. The van der Waals surface area contributed by atoms with Crippen molar-refractivity contribution in [2.75, 3.05) is 26.6 Å². The van der Waals surface area contributed by atoms with Gasteiger partial charge in [-0.2, -0.15) is 0 Å². The number of benzene rings is 6. The molecular weight excluding hydrogens is 1430 g/mol. The fourth-order valence-corrected chi connectivity index (χ4v) is 14.7. The minimum absolute atomic E-state index is 0.0988. The second kappa shape index (κ2) is 43.9. The molecule has 10 atom stereocenters. The van der Waals surface area contributed by atoms with Gasteiger partial charge in [-0.3, -0.25) is 43.8 Å². The Kier molecular flexibility index (Phi) is 35.3. The van der Waals surface area contributed by atoms with Crippen LogP contribution in [0.1, 0.15) is 176 Å². The van der Waals surface area contributed by atoms with E-state index in [1.807, 2.05) is 262 Å². The maximum Gasteiger partial charge on any atom is 0.411 e. The molecule has 1 unspecified atom stereocenters. The molecule has 3 saturated heterocycles. The van der Waals surface area contributed by atoms with Crippen LogP contribution in [-0.2, 0) is 86.7 Å². The predicted octanol–water partition coefficient (Wildman–Crippen LogP) is 15.8. The highest BCUT2D eigenvalue weighted by Gasteiger charge is 2.52. The molecule has 21 heteroatoms. The normalized spacial score (nSPS) is 19.2. The standard InChI is InChI=1S/C31H44N2O6.C31H42N2O4.C30H40N2O5/c1-22(2)16-28(29(36)38-20-24-14-10-7-11-15-24)32-21-33(30(37)39-31(3,4)5)26(27(32)18-25(35)19-34)17-23-12-8-6-9-13-23;1-7-14-26-27(20-24-15-10-8-11-16-24)33(30(35)37-31(4,5)6)22-32(26)28(19-23(2)3)29(34)36-21-25-17-12-9-13-18-25;1-22(2)18-27(28(34)36-20-24-14-10-7-11-15-24)31-21-32(29(35)37-30(3,4)5)26(25(31)16-17-33)19-23-12-8-6-9-13-23/h6-15,22,25-28,34-35H,16-21H2,1-5H3;7-13,15-18,23,26-28H,1,14,19-22H2,2-6H3;6-15,17,22,25-27H,16,18-21H2,1-5H3/t25?,26-,27+,28-;26-,27+,28+;25-,26+,27+/m011/s1. The fourth-order valence-electron chi connectivity index (χ4n) is 14.7. The monoisotopic (exact) mass is 1550 g/mol. The summed E-state index contributed by atoms with van der Waals surface area (Å²) in [6, 6.07) is 55.1. The number of carbonyl (C=O) groups is 7. The van der Waals surface area contributed by atoms with Gasteiger partial charge in [0.25, 0.3) is 0 Å². The Morgan fingerprint density at radius 3 is 0.885 bits per heavy atom. The molecule has 3 aliphatic heterocycles. The summed E-state index contributed by atoms with van der Waals surface area (Å²) in [7, 11) is 0. The van der Waals surface area contributed by atoms with Gasteiger partial charge in [0.15, 0.2) is 0 Å². The number of carbonyl (C=O) groups excluding carboxylic acids is 7. The number of nitrogens with zero attached hydrogens (tertiary/aromatic N) is 6. The number of amides is 3. The fraction of sp³-hybridized carbons (Fsp3) is 0.511. The lowest BCUT2D eigenvalue weighted by Gasteiger charge is -2.34. The molecule has 113 heavy (non-hydrogen) atoms. The first kappa shape index (κ1) is 90.9. The van der Waals surface area contributed by atoms with Crippen LogP contribution in [-0.4, -0.2) is 186 Å². The third-order valence-corrected chi connectivity index (χ3v) is 19.7. The summed E-state index contributed by atoms with van der Waals surface area (Å²) < 4.78 is 34.7. The molecule has 0 saturated carbocycles. The van der Waals surface area contributed by atoms with E-state index in [1.165, 1.54) is 0 Å². The van der Waals surface area contributed by atoms with E-state index in [9.17, 15) is 43.8 Å². The molecule has 2 N–H and O–H groups in total. The first-order chi connectivity index (χ1) is 53.7. The van der Waals surface area contributed by atoms with E-state index in [-0.39, 0.29) is 118 Å². The number of hydrogen-bond acceptors (Lipinski definition) is 18. The minimum atomic E-state index is -1.01. The van der Waals surface area contributed by atoms with E-state index in [0.29, 0.717) is 51.6 Å². The third-order valence-electron chi connectivity index (χ3n) is 19.7. The maximum absolute atomic E-state index is 13.6. The van der Waals surface area contributed by atoms with Gasteiger partial charge >= 0.3 is 36.2 Å². The summed E-state index contributed by atoms with van der Waals surface area (Å²) in [6.45, 7) is 33.7. The molecule has 6 aromatic rings. The molecule has 21 nitrogen and oxygen atoms in total. The van der Waals surface area contributed by atoms with Crippen LogP contribution in [0.2, 0.25) is 0 Å². The maximum atomic E-state index is 13.6. The number of aliphatic hydroxyl groups is 2. The van der Waals surface area contributed by atoms with Crippen molar-refractivity contribution >= 4 is 42.5 Å². The van der Waals surface area contributed by atoms with Gasteiger partial charge in [0.2, 0.25) is 0 Å². The molecule has 3 fully saturated rings. The van der Waals surface area contributed by atoms with E-state index in [4.69, 9.17) is 28.4 Å². The van der Waals surface area contributed by atoms with Crippen LogP contribution in [0.4, 0.5) is 14.4 Å². The molecule has 0 radical (unpaired) electrons. The zero-order chi connectivity index (χ0) is 82.6. The molecular formula is C92H126N6O15. The van der Waals surface area contributed by atoms with E-state index in [0.717, 1.165) is 39.7 Å². The largest absolute Gasteiger partial charge is 0.460 e. The van der Waals surface area contributed by atoms with Crippen molar-refractivity contribution in [1.82, 2.24) is 29.4 Å². The Balaban J connectivity index is 0.000000235.